The number of rotatable bonds is 8. The predicted molar refractivity (Wildman–Crippen MR) is 53.0 cm³/mol. The van der Waals surface area contributed by atoms with Crippen molar-refractivity contribution in [2.45, 2.75) is 37.2 Å². The first-order valence-corrected chi connectivity index (χ1v) is 4.74. The molecule has 0 aliphatic carbocycles. The van der Waals surface area contributed by atoms with Crippen molar-refractivity contribution in [3.05, 3.63) is 0 Å². The van der Waals surface area contributed by atoms with E-state index in [2.05, 4.69) is 0 Å². The first-order chi connectivity index (χ1) is 8.22. The van der Waals surface area contributed by atoms with Gasteiger partial charge in [-0.3, -0.25) is 4.79 Å². The third-order valence-electron chi connectivity index (χ3n) is 2.00. The number of hydrogen-bond acceptors (Lipinski definition) is 7. The molecule has 0 saturated heterocycles. The number of carbonyl (C=O) groups is 2. The van der Waals surface area contributed by atoms with Gasteiger partial charge in [-0.25, -0.2) is 4.79 Å². The van der Waals surface area contributed by atoms with Crippen molar-refractivity contribution in [2.75, 3.05) is 6.61 Å². The lowest BCUT2D eigenvalue weighted by Gasteiger charge is -2.23. The third kappa shape index (κ3) is 5.71. The number of ketones is 1. The van der Waals surface area contributed by atoms with Gasteiger partial charge in [-0.05, 0) is 0 Å². The largest absolute Gasteiger partial charge is 0.475 e. The molecule has 0 radical (unpaired) electrons. The van der Waals surface area contributed by atoms with E-state index in [0.29, 0.717) is 0 Å². The van der Waals surface area contributed by atoms with E-state index in [9.17, 15) is 24.9 Å². The van der Waals surface area contributed by atoms with Gasteiger partial charge in [-0.2, -0.15) is 0 Å². The standard InChI is InChI=1S/C9H16O8/c10-3-4(11)1-5(12)8(15)6(13)2-7(14)9(16)17/h4-6,8,10-13,15H,1-3H2,(H,16,17)/t4-,5+,6+,8-/m0/s1/i2D/t2-,4+,5-,6-,8+/m1. The van der Waals surface area contributed by atoms with Crippen LogP contribution < -0.4 is 0 Å². The minimum absolute atomic E-state index is 0.497. The van der Waals surface area contributed by atoms with E-state index in [1.165, 1.54) is 0 Å². The molecule has 0 aromatic rings. The van der Waals surface area contributed by atoms with Crippen LogP contribution in [-0.4, -0.2) is 73.4 Å². The Morgan fingerprint density at radius 3 is 2.06 bits per heavy atom. The summed E-state index contributed by atoms with van der Waals surface area (Å²) in [5.74, 6) is -3.57. The van der Waals surface area contributed by atoms with Gasteiger partial charge in [0, 0.05) is 14.2 Å². The highest BCUT2D eigenvalue weighted by molar-refractivity contribution is 6.32. The average Bonchev–Trinajstić information content (AvgIpc) is 2.34. The second-order valence-electron chi connectivity index (χ2n) is 3.46. The minimum Gasteiger partial charge on any atom is -0.475 e. The molecule has 6 N–H and O–H groups in total. The van der Waals surface area contributed by atoms with Crippen molar-refractivity contribution < 1.29 is 41.6 Å². The van der Waals surface area contributed by atoms with E-state index < -0.39 is 55.6 Å². The molecule has 0 saturated carbocycles. The van der Waals surface area contributed by atoms with Gasteiger partial charge in [-0.1, -0.05) is 0 Å². The summed E-state index contributed by atoms with van der Waals surface area (Å²) in [5.41, 5.74) is 0. The van der Waals surface area contributed by atoms with Crippen LogP contribution in [-0.2, 0) is 9.59 Å². The van der Waals surface area contributed by atoms with Crippen LogP contribution in [0.1, 0.15) is 14.2 Å². The van der Waals surface area contributed by atoms with E-state index in [4.69, 9.17) is 16.7 Å². The zero-order chi connectivity index (χ0) is 14.5. The summed E-state index contributed by atoms with van der Waals surface area (Å²) in [6.45, 7) is -0.682. The van der Waals surface area contributed by atoms with Crippen LogP contribution in [0.15, 0.2) is 0 Å². The van der Waals surface area contributed by atoms with Crippen molar-refractivity contribution >= 4 is 11.8 Å². The van der Waals surface area contributed by atoms with Gasteiger partial charge in [0.05, 0.1) is 24.9 Å². The smallest absolute Gasteiger partial charge is 0.372 e. The zero-order valence-electron chi connectivity index (χ0n) is 9.80. The Morgan fingerprint density at radius 1 is 1.12 bits per heavy atom. The normalized spacial score (nSPS) is 20.9. The predicted octanol–water partition coefficient (Wildman–Crippen LogP) is -3.14. The fourth-order valence-electron chi connectivity index (χ4n) is 1.05. The van der Waals surface area contributed by atoms with E-state index in [0.717, 1.165) is 0 Å². The molecule has 0 spiro atoms. The van der Waals surface area contributed by atoms with Crippen LogP contribution in [0, 0.1) is 0 Å². The zero-order valence-corrected chi connectivity index (χ0v) is 8.80. The average molecular weight is 253 g/mol. The third-order valence-corrected chi connectivity index (χ3v) is 2.00. The molecular weight excluding hydrogens is 236 g/mol. The van der Waals surface area contributed by atoms with E-state index in [-0.39, 0.29) is 0 Å². The van der Waals surface area contributed by atoms with Crippen LogP contribution in [0.25, 0.3) is 0 Å². The Morgan fingerprint density at radius 2 is 1.65 bits per heavy atom. The first-order valence-electron chi connectivity index (χ1n) is 5.32. The summed E-state index contributed by atoms with van der Waals surface area (Å²) < 4.78 is 7.10. The maximum Gasteiger partial charge on any atom is 0.372 e. The van der Waals surface area contributed by atoms with Gasteiger partial charge >= 0.3 is 5.97 Å². The van der Waals surface area contributed by atoms with Crippen molar-refractivity contribution in [1.82, 2.24) is 0 Å². The van der Waals surface area contributed by atoms with Gasteiger partial charge in [0.2, 0.25) is 5.78 Å². The molecule has 0 amide bonds. The number of carbonyl (C=O) groups excluding carboxylic acids is 1. The van der Waals surface area contributed by atoms with Gasteiger partial charge in [0.15, 0.2) is 0 Å². The summed E-state index contributed by atoms with van der Waals surface area (Å²) in [4.78, 5) is 21.1. The number of aliphatic hydroxyl groups excluding tert-OH is 5. The van der Waals surface area contributed by atoms with Crippen molar-refractivity contribution in [2.24, 2.45) is 0 Å². The lowest BCUT2D eigenvalue weighted by Crippen LogP contribution is -2.41. The van der Waals surface area contributed by atoms with Crippen molar-refractivity contribution in [3.8, 4) is 0 Å². The van der Waals surface area contributed by atoms with Gasteiger partial charge < -0.3 is 30.6 Å². The molecule has 0 bridgehead atoms. The van der Waals surface area contributed by atoms with Crippen LogP contribution >= 0.6 is 0 Å². The molecule has 8 nitrogen and oxygen atoms in total. The molecule has 17 heavy (non-hydrogen) atoms. The molecule has 0 aromatic carbocycles. The minimum atomic E-state index is -2.15. The van der Waals surface area contributed by atoms with Gasteiger partial charge in [0.1, 0.15) is 6.10 Å². The first kappa shape index (κ1) is 14.0. The topological polar surface area (TPSA) is 156 Å². The van der Waals surface area contributed by atoms with Crippen LogP contribution in [0.4, 0.5) is 0 Å². The highest BCUT2D eigenvalue weighted by Crippen LogP contribution is 2.10. The second-order valence-corrected chi connectivity index (χ2v) is 3.46. The maximum absolute atomic E-state index is 10.9. The monoisotopic (exact) mass is 253 g/mol. The fourth-order valence-corrected chi connectivity index (χ4v) is 1.05. The SMILES string of the molecule is [2H][C@@H](C(=O)C(=O)O)[C@@H](O)[C@@H](O)[C@H](O)C[C@H](O)CO. The Hall–Kier alpha value is -1.06. The quantitative estimate of drug-likeness (QED) is 0.248. The molecular formula is C9H16O8. The number of carboxylic acids is 1. The van der Waals surface area contributed by atoms with Crippen LogP contribution in [0.2, 0.25) is 0 Å². The lowest BCUT2D eigenvalue weighted by atomic mass is 9.99. The lowest BCUT2D eigenvalue weighted by molar-refractivity contribution is -0.151. The van der Waals surface area contributed by atoms with E-state index in [1.807, 2.05) is 0 Å². The number of Topliss-reactive ketones (excluding diaryl/α,β-unsaturated/α-hetero) is 1. The number of carboxylic acid groups (broad SMARTS) is 1. The highest BCUT2D eigenvalue weighted by Gasteiger charge is 2.29. The molecule has 0 aliphatic rings. The molecule has 0 rings (SSSR count). The second kappa shape index (κ2) is 7.30. The van der Waals surface area contributed by atoms with E-state index >= 15 is 0 Å². The van der Waals surface area contributed by atoms with Crippen LogP contribution in [0.3, 0.4) is 0 Å². The molecule has 100 valence electrons. The van der Waals surface area contributed by atoms with Crippen LogP contribution in [0.5, 0.6) is 0 Å². The maximum atomic E-state index is 10.9. The number of hydrogen-bond donors (Lipinski definition) is 6. The molecule has 5 atom stereocenters. The van der Waals surface area contributed by atoms with Gasteiger partial charge in [-0.15, -0.1) is 0 Å². The molecule has 0 aromatic heterocycles. The Kier molecular flexibility index (Phi) is 6.01. The summed E-state index contributed by atoms with van der Waals surface area (Å²) in [6.07, 6.45) is -9.81. The molecule has 0 heterocycles. The Balaban J connectivity index is 4.53. The summed E-state index contributed by atoms with van der Waals surface area (Å²) in [7, 11) is 0. The fraction of sp³-hybridized carbons (Fsp3) is 0.778. The Bertz CT molecular complexity index is 296. The molecule has 0 unspecified atom stereocenters. The highest BCUT2D eigenvalue weighted by atomic mass is 16.4. The van der Waals surface area contributed by atoms with Crippen molar-refractivity contribution in [3.63, 3.8) is 0 Å². The number of aliphatic hydroxyl groups is 5. The molecule has 0 fully saturated rings. The van der Waals surface area contributed by atoms with Gasteiger partial charge in [0.25, 0.3) is 0 Å². The Labute approximate surface area is 98.2 Å². The van der Waals surface area contributed by atoms with Crippen molar-refractivity contribution in [1.29, 1.82) is 0 Å². The number of aliphatic carboxylic acids is 1. The van der Waals surface area contributed by atoms with E-state index in [1.54, 1.807) is 0 Å². The molecule has 8 heteroatoms. The molecule has 0 aliphatic heterocycles. The summed E-state index contributed by atoms with van der Waals surface area (Å²) in [5, 5.41) is 53.8. The summed E-state index contributed by atoms with van der Waals surface area (Å²) >= 11 is 0. The summed E-state index contributed by atoms with van der Waals surface area (Å²) in [6, 6.07) is 0.